The number of rotatable bonds is 7. The van der Waals surface area contributed by atoms with Crippen molar-refractivity contribution in [3.05, 3.63) is 23.8 Å². The van der Waals surface area contributed by atoms with Crippen LogP contribution in [0.5, 0.6) is 11.5 Å². The minimum Gasteiger partial charge on any atom is -0.496 e. The smallest absolute Gasteiger partial charge is 0.317 e. The van der Waals surface area contributed by atoms with Crippen molar-refractivity contribution in [2.24, 2.45) is 11.8 Å². The fraction of sp³-hybridized carbons (Fsp3) is 0.579. The maximum atomic E-state index is 13.3. The second kappa shape index (κ2) is 11.7. The highest BCUT2D eigenvalue weighted by molar-refractivity contribution is 7.00. The summed E-state index contributed by atoms with van der Waals surface area (Å²) in [5.41, 5.74) is 0.325. The molecule has 7 heteroatoms. The summed E-state index contributed by atoms with van der Waals surface area (Å²) in [6, 6.07) is 5.17. The molecule has 0 spiro atoms. The second-order valence-corrected chi connectivity index (χ2v) is 6.03. The molecular weight excluding hydrogens is 355 g/mol. The summed E-state index contributed by atoms with van der Waals surface area (Å²) in [6.07, 6.45) is 4.96. The Balaban J connectivity index is 0.00000163. The third-order valence-electron chi connectivity index (χ3n) is 4.62. The maximum Gasteiger partial charge on any atom is 0.317 e. The van der Waals surface area contributed by atoms with E-state index in [-0.39, 0.29) is 18.3 Å². The van der Waals surface area contributed by atoms with Crippen LogP contribution in [-0.2, 0) is 14.1 Å². The molecule has 2 atom stereocenters. The molecule has 146 valence electrons. The molecule has 1 aliphatic carbocycles. The Morgan fingerprint density at radius 1 is 1.08 bits per heavy atom. The first-order chi connectivity index (χ1) is 12.6. The molecule has 0 amide bonds. The van der Waals surface area contributed by atoms with Gasteiger partial charge < -0.3 is 18.8 Å². The number of esters is 1. The Hall–Kier alpha value is -1.81. The minimum absolute atomic E-state index is 0.0138. The standard InChI is InChI=1S/C19H26O5.H3OP/c1-4-24-19(21)16(13-9-6-5-7-10-13)18(20)17-14(22-2)11-8-12-15(17)23-3;1-2/h8,11-13,16H,4-7,9-10H2,1-3H3;2H3. The third-order valence-corrected chi connectivity index (χ3v) is 4.62. The summed E-state index contributed by atoms with van der Waals surface area (Å²) >= 11 is 0. The van der Waals surface area contributed by atoms with Gasteiger partial charge in [-0.25, -0.2) is 0 Å². The molecule has 0 radical (unpaired) electrons. The van der Waals surface area contributed by atoms with Crippen molar-refractivity contribution in [3.63, 3.8) is 0 Å². The molecular formula is C19H29O6P. The molecule has 0 bridgehead atoms. The minimum atomic E-state index is -0.796. The lowest BCUT2D eigenvalue weighted by Crippen LogP contribution is -2.34. The van der Waals surface area contributed by atoms with Gasteiger partial charge in [-0.3, -0.25) is 9.59 Å². The molecule has 0 aromatic heterocycles. The lowest BCUT2D eigenvalue weighted by molar-refractivity contribution is -0.148. The van der Waals surface area contributed by atoms with Crippen molar-refractivity contribution in [3.8, 4) is 11.5 Å². The number of benzene rings is 1. The van der Waals surface area contributed by atoms with E-state index in [1.54, 1.807) is 25.1 Å². The van der Waals surface area contributed by atoms with E-state index in [9.17, 15) is 9.59 Å². The number of carbonyl (C=O) groups excluding carboxylic acids is 2. The Morgan fingerprint density at radius 2 is 1.62 bits per heavy atom. The van der Waals surface area contributed by atoms with Crippen LogP contribution in [0.15, 0.2) is 18.2 Å². The molecule has 0 saturated heterocycles. The topological polar surface area (TPSA) is 78.9 Å². The van der Waals surface area contributed by atoms with Crippen molar-refractivity contribution >= 4 is 20.9 Å². The van der Waals surface area contributed by atoms with Crippen molar-refractivity contribution in [1.29, 1.82) is 0 Å². The van der Waals surface area contributed by atoms with Crippen molar-refractivity contribution in [2.75, 3.05) is 20.8 Å². The van der Waals surface area contributed by atoms with Crippen LogP contribution in [0.2, 0.25) is 0 Å². The van der Waals surface area contributed by atoms with Crippen LogP contribution in [0.4, 0.5) is 0 Å². The van der Waals surface area contributed by atoms with Crippen LogP contribution in [-0.4, -0.2) is 32.6 Å². The highest BCUT2D eigenvalue weighted by atomic mass is 31.0. The summed E-state index contributed by atoms with van der Waals surface area (Å²) in [7, 11) is 3.62. The highest BCUT2D eigenvalue weighted by Gasteiger charge is 2.39. The summed E-state index contributed by atoms with van der Waals surface area (Å²) < 4.78 is 24.1. The predicted octanol–water partition coefficient (Wildman–Crippen LogP) is 3.59. The highest BCUT2D eigenvalue weighted by Crippen LogP contribution is 2.37. The summed E-state index contributed by atoms with van der Waals surface area (Å²) in [5, 5.41) is 0. The van der Waals surface area contributed by atoms with Gasteiger partial charge in [0.15, 0.2) is 5.78 Å². The van der Waals surface area contributed by atoms with Gasteiger partial charge in [0.05, 0.1) is 29.9 Å². The monoisotopic (exact) mass is 384 g/mol. The van der Waals surface area contributed by atoms with Gasteiger partial charge >= 0.3 is 5.97 Å². The third kappa shape index (κ3) is 5.34. The summed E-state index contributed by atoms with van der Waals surface area (Å²) in [4.78, 5) is 25.8. The summed E-state index contributed by atoms with van der Waals surface area (Å²) in [5.74, 6) is -0.652. The largest absolute Gasteiger partial charge is 0.496 e. The fourth-order valence-corrected chi connectivity index (χ4v) is 3.46. The first-order valence-corrected chi connectivity index (χ1v) is 9.42. The van der Waals surface area contributed by atoms with Gasteiger partial charge in [-0.15, -0.1) is 0 Å². The summed E-state index contributed by atoms with van der Waals surface area (Å²) in [6.45, 7) is 2.02. The Labute approximate surface area is 156 Å². The number of methoxy groups -OCH3 is 2. The van der Waals surface area contributed by atoms with E-state index >= 15 is 0 Å². The number of hydrogen-bond donors (Lipinski definition) is 0. The molecule has 0 aliphatic heterocycles. The van der Waals surface area contributed by atoms with Gasteiger partial charge in [0.2, 0.25) is 0 Å². The first kappa shape index (κ1) is 22.2. The van der Waals surface area contributed by atoms with Gasteiger partial charge in [0, 0.05) is 0 Å². The normalized spacial score (nSPS) is 15.3. The van der Waals surface area contributed by atoms with Crippen molar-refractivity contribution < 1.29 is 28.4 Å². The van der Waals surface area contributed by atoms with E-state index in [0.717, 1.165) is 32.1 Å². The average molecular weight is 384 g/mol. The number of ketones is 1. The lowest BCUT2D eigenvalue weighted by Gasteiger charge is -2.28. The molecule has 2 rings (SSSR count). The van der Waals surface area contributed by atoms with E-state index in [1.165, 1.54) is 14.2 Å². The first-order valence-electron chi connectivity index (χ1n) is 8.84. The Bertz CT molecular complexity index is 575. The number of carbonyl (C=O) groups is 2. The molecule has 1 aliphatic rings. The number of hydrogen-bond acceptors (Lipinski definition) is 6. The lowest BCUT2D eigenvalue weighted by atomic mass is 9.76. The fourth-order valence-electron chi connectivity index (χ4n) is 3.46. The Morgan fingerprint density at radius 3 is 2.08 bits per heavy atom. The van der Waals surface area contributed by atoms with E-state index in [2.05, 4.69) is 0 Å². The molecule has 1 aromatic carbocycles. The molecule has 1 aromatic rings. The van der Waals surface area contributed by atoms with Crippen molar-refractivity contribution in [2.45, 2.75) is 39.0 Å². The van der Waals surface area contributed by atoms with Gasteiger partial charge in [0.1, 0.15) is 23.0 Å². The molecule has 1 fully saturated rings. The van der Waals surface area contributed by atoms with Gasteiger partial charge in [-0.1, -0.05) is 25.3 Å². The number of ether oxygens (including phenoxy) is 3. The molecule has 2 unspecified atom stereocenters. The van der Waals surface area contributed by atoms with E-state index in [4.69, 9.17) is 18.8 Å². The van der Waals surface area contributed by atoms with Crippen LogP contribution < -0.4 is 9.47 Å². The zero-order valence-corrected chi connectivity index (χ0v) is 17.2. The van der Waals surface area contributed by atoms with Crippen LogP contribution >= 0.6 is 9.12 Å². The van der Waals surface area contributed by atoms with Crippen LogP contribution in [0, 0.1) is 11.8 Å². The zero-order valence-electron chi connectivity index (χ0n) is 15.8. The predicted molar refractivity (Wildman–Crippen MR) is 102 cm³/mol. The van der Waals surface area contributed by atoms with Gasteiger partial charge in [0.25, 0.3) is 0 Å². The van der Waals surface area contributed by atoms with E-state index in [1.807, 2.05) is 0 Å². The average Bonchev–Trinajstić information content (AvgIpc) is 2.69. The van der Waals surface area contributed by atoms with Crippen LogP contribution in [0.3, 0.4) is 0 Å². The quantitative estimate of drug-likeness (QED) is 0.309. The molecule has 6 nitrogen and oxygen atoms in total. The van der Waals surface area contributed by atoms with Gasteiger partial charge in [-0.05, 0) is 37.8 Å². The van der Waals surface area contributed by atoms with Crippen LogP contribution in [0.25, 0.3) is 0 Å². The molecule has 26 heavy (non-hydrogen) atoms. The maximum absolute atomic E-state index is 13.3. The second-order valence-electron chi connectivity index (χ2n) is 6.03. The van der Waals surface area contributed by atoms with Gasteiger partial charge in [-0.2, -0.15) is 0 Å². The van der Waals surface area contributed by atoms with Crippen LogP contribution in [0.1, 0.15) is 49.4 Å². The zero-order chi connectivity index (χ0) is 19.5. The molecule has 1 saturated carbocycles. The SMILES string of the molecule is CCOC(=O)C(C(=O)c1c(OC)cccc1OC)C1CCCCC1.O=[PH3]. The molecule has 0 N–H and O–H groups in total. The number of Topliss-reactive ketones (excluding diaryl/α,β-unsaturated/α-hetero) is 1. The Kier molecular flexibility index (Phi) is 10.0. The van der Waals surface area contributed by atoms with E-state index < -0.39 is 11.9 Å². The van der Waals surface area contributed by atoms with Crippen molar-refractivity contribution in [1.82, 2.24) is 0 Å². The molecule has 0 heterocycles. The van der Waals surface area contributed by atoms with E-state index in [0.29, 0.717) is 26.2 Å².